The van der Waals surface area contributed by atoms with E-state index in [1.807, 2.05) is 27.7 Å². The number of hydrogen-bond acceptors (Lipinski definition) is 9. The van der Waals surface area contributed by atoms with Gasteiger partial charge in [-0.05, 0) is 24.7 Å². The number of rotatable bonds is 13. The van der Waals surface area contributed by atoms with Crippen LogP contribution >= 0.6 is 22.7 Å². The normalized spacial score (nSPS) is 12.1. The first-order valence-electron chi connectivity index (χ1n) is 10.2. The average molecular weight is 468 g/mol. The fraction of sp³-hybridized carbons (Fsp3) is 0.632. The third kappa shape index (κ3) is 8.66. The molecule has 0 fully saturated rings. The van der Waals surface area contributed by atoms with E-state index in [0.29, 0.717) is 29.0 Å². The summed E-state index contributed by atoms with van der Waals surface area (Å²) in [6.45, 7) is 7.69. The number of anilines is 2. The van der Waals surface area contributed by atoms with E-state index in [0.717, 1.165) is 35.7 Å². The molecule has 1 unspecified atom stereocenters. The summed E-state index contributed by atoms with van der Waals surface area (Å²) >= 11 is 2.72. The van der Waals surface area contributed by atoms with Gasteiger partial charge in [-0.2, -0.15) is 0 Å². The number of carbonyl (C=O) groups excluding carboxylic acids is 3. The van der Waals surface area contributed by atoms with Crippen molar-refractivity contribution in [2.45, 2.75) is 65.8 Å². The highest BCUT2D eigenvalue weighted by molar-refractivity contribution is 7.15. The van der Waals surface area contributed by atoms with E-state index in [1.165, 1.54) is 22.7 Å². The zero-order valence-electron chi connectivity index (χ0n) is 18.2. The zero-order chi connectivity index (χ0) is 22.8. The van der Waals surface area contributed by atoms with Crippen LogP contribution in [0.25, 0.3) is 0 Å². The first kappa shape index (κ1) is 24.8. The Kier molecular flexibility index (Phi) is 9.92. The molecule has 12 heteroatoms. The van der Waals surface area contributed by atoms with Gasteiger partial charge in [-0.25, -0.2) is 0 Å². The number of unbranched alkanes of at least 4 members (excludes halogenated alkanes) is 1. The number of amides is 3. The Morgan fingerprint density at radius 2 is 1.45 bits per heavy atom. The van der Waals surface area contributed by atoms with Crippen molar-refractivity contribution in [2.24, 2.45) is 11.8 Å². The number of carbonyl (C=O) groups is 3. The van der Waals surface area contributed by atoms with Crippen LogP contribution < -0.4 is 16.0 Å². The van der Waals surface area contributed by atoms with Crippen molar-refractivity contribution in [2.75, 3.05) is 10.6 Å². The minimum absolute atomic E-state index is 0.0398. The number of nitrogens with one attached hydrogen (secondary N) is 3. The summed E-state index contributed by atoms with van der Waals surface area (Å²) in [6, 6.07) is -0.614. The van der Waals surface area contributed by atoms with Gasteiger partial charge in [0.15, 0.2) is 0 Å². The highest BCUT2D eigenvalue weighted by Gasteiger charge is 2.22. The third-order valence-corrected chi connectivity index (χ3v) is 6.03. The molecule has 170 valence electrons. The van der Waals surface area contributed by atoms with Crippen molar-refractivity contribution >= 4 is 51.2 Å². The molecule has 2 rings (SSSR count). The molecule has 2 heterocycles. The highest BCUT2D eigenvalue weighted by atomic mass is 32.1. The van der Waals surface area contributed by atoms with Crippen molar-refractivity contribution in [1.82, 2.24) is 25.7 Å². The lowest BCUT2D eigenvalue weighted by Crippen LogP contribution is -2.43. The number of nitrogens with zero attached hydrogens (tertiary/aromatic N) is 4. The van der Waals surface area contributed by atoms with E-state index in [2.05, 4.69) is 36.3 Å². The number of aromatic nitrogens is 4. The second-order valence-corrected chi connectivity index (χ2v) is 9.97. The Morgan fingerprint density at radius 1 is 0.903 bits per heavy atom. The molecule has 0 saturated carbocycles. The maximum absolute atomic E-state index is 12.3. The average Bonchev–Trinajstić information content (AvgIpc) is 3.31. The van der Waals surface area contributed by atoms with Gasteiger partial charge < -0.3 is 10.6 Å². The lowest BCUT2D eigenvalue weighted by atomic mass is 10.0. The third-order valence-electron chi connectivity index (χ3n) is 4.23. The van der Waals surface area contributed by atoms with Gasteiger partial charge in [0.25, 0.3) is 0 Å². The SMILES string of the molecule is CC(C)CC(=O)Nc1nnc(CCCCc2nnc(NC(=O)C(NC=O)C(C)C)s2)s1. The van der Waals surface area contributed by atoms with Gasteiger partial charge in [0.1, 0.15) is 16.1 Å². The Morgan fingerprint density at radius 3 is 1.94 bits per heavy atom. The largest absolute Gasteiger partial charge is 0.347 e. The van der Waals surface area contributed by atoms with Crippen molar-refractivity contribution < 1.29 is 14.4 Å². The second kappa shape index (κ2) is 12.4. The molecule has 2 aromatic heterocycles. The van der Waals surface area contributed by atoms with Crippen LogP contribution in [0, 0.1) is 11.8 Å². The van der Waals surface area contributed by atoms with Crippen LogP contribution in [0.15, 0.2) is 0 Å². The molecule has 0 saturated heterocycles. The predicted molar refractivity (Wildman–Crippen MR) is 121 cm³/mol. The first-order valence-corrected chi connectivity index (χ1v) is 11.9. The van der Waals surface area contributed by atoms with E-state index >= 15 is 0 Å². The summed E-state index contributed by atoms with van der Waals surface area (Å²) in [5.74, 6) is -0.0934. The lowest BCUT2D eigenvalue weighted by Gasteiger charge is -2.18. The quantitative estimate of drug-likeness (QED) is 0.304. The summed E-state index contributed by atoms with van der Waals surface area (Å²) in [6.07, 6.45) is 4.28. The molecular formula is C19H29N7O3S2. The Labute approximate surface area is 189 Å². The monoisotopic (exact) mass is 467 g/mol. The summed E-state index contributed by atoms with van der Waals surface area (Å²) < 4.78 is 0. The van der Waals surface area contributed by atoms with Gasteiger partial charge in [-0.15, -0.1) is 20.4 Å². The molecule has 0 bridgehead atoms. The molecule has 3 N–H and O–H groups in total. The van der Waals surface area contributed by atoms with Crippen LogP contribution in [0.2, 0.25) is 0 Å². The molecular weight excluding hydrogens is 438 g/mol. The van der Waals surface area contributed by atoms with Gasteiger partial charge >= 0.3 is 0 Å². The van der Waals surface area contributed by atoms with Crippen LogP contribution in [0.1, 0.15) is 57.0 Å². The van der Waals surface area contributed by atoms with Crippen LogP contribution in [0.4, 0.5) is 10.3 Å². The minimum Gasteiger partial charge on any atom is -0.347 e. The summed E-state index contributed by atoms with van der Waals surface area (Å²) in [5, 5.41) is 26.9. The molecule has 1 atom stereocenters. The van der Waals surface area contributed by atoms with Crippen molar-refractivity contribution in [3.63, 3.8) is 0 Å². The topological polar surface area (TPSA) is 139 Å². The zero-order valence-corrected chi connectivity index (χ0v) is 19.8. The highest BCUT2D eigenvalue weighted by Crippen LogP contribution is 2.21. The lowest BCUT2D eigenvalue weighted by molar-refractivity contribution is -0.122. The Balaban J connectivity index is 1.73. The molecule has 0 aromatic carbocycles. The molecule has 0 aliphatic heterocycles. The van der Waals surface area contributed by atoms with Gasteiger partial charge in [-0.1, -0.05) is 50.4 Å². The van der Waals surface area contributed by atoms with Crippen LogP contribution in [-0.4, -0.2) is 44.7 Å². The van der Waals surface area contributed by atoms with Crippen LogP contribution in [-0.2, 0) is 27.2 Å². The van der Waals surface area contributed by atoms with Crippen molar-refractivity contribution in [3.05, 3.63) is 10.0 Å². The van der Waals surface area contributed by atoms with E-state index in [-0.39, 0.29) is 17.7 Å². The Bertz CT molecular complexity index is 866. The van der Waals surface area contributed by atoms with Crippen LogP contribution in [0.5, 0.6) is 0 Å². The van der Waals surface area contributed by atoms with E-state index in [4.69, 9.17) is 0 Å². The molecule has 0 aliphatic rings. The van der Waals surface area contributed by atoms with Crippen LogP contribution in [0.3, 0.4) is 0 Å². The molecule has 0 spiro atoms. The molecule has 31 heavy (non-hydrogen) atoms. The molecule has 3 amide bonds. The smallest absolute Gasteiger partial charge is 0.249 e. The summed E-state index contributed by atoms with van der Waals surface area (Å²) in [7, 11) is 0. The molecule has 0 radical (unpaired) electrons. The van der Waals surface area contributed by atoms with Gasteiger partial charge in [-0.3, -0.25) is 19.7 Å². The fourth-order valence-corrected chi connectivity index (χ4v) is 4.31. The minimum atomic E-state index is -0.614. The number of aryl methyl sites for hydroxylation is 2. The second-order valence-electron chi connectivity index (χ2n) is 7.85. The van der Waals surface area contributed by atoms with Gasteiger partial charge in [0.05, 0.1) is 0 Å². The first-order chi connectivity index (χ1) is 14.8. The number of hydrogen-bond donors (Lipinski definition) is 3. The summed E-state index contributed by atoms with van der Waals surface area (Å²) in [4.78, 5) is 34.7. The Hall–Kier alpha value is -2.47. The van der Waals surface area contributed by atoms with Gasteiger partial charge in [0, 0.05) is 19.3 Å². The van der Waals surface area contributed by atoms with E-state index in [1.54, 1.807) is 0 Å². The maximum atomic E-state index is 12.3. The standard InChI is InChI=1S/C19H29N7O3S2/c1-11(2)9-13(28)21-18-25-23-14(30-18)7-5-6-8-15-24-26-19(31-15)22-17(29)16(12(3)4)20-10-27/h10-12,16H,5-9H2,1-4H3,(H,20,27)(H,21,25,28)(H,22,26,29). The van der Waals surface area contributed by atoms with Crippen molar-refractivity contribution in [1.29, 1.82) is 0 Å². The van der Waals surface area contributed by atoms with E-state index in [9.17, 15) is 14.4 Å². The molecule has 2 aromatic rings. The fourth-order valence-electron chi connectivity index (χ4n) is 2.73. The van der Waals surface area contributed by atoms with Crippen molar-refractivity contribution in [3.8, 4) is 0 Å². The van der Waals surface area contributed by atoms with E-state index < -0.39 is 6.04 Å². The maximum Gasteiger partial charge on any atom is 0.249 e. The predicted octanol–water partition coefficient (Wildman–Crippen LogP) is 2.65. The molecule has 0 aliphatic carbocycles. The summed E-state index contributed by atoms with van der Waals surface area (Å²) in [5.41, 5.74) is 0. The molecule has 10 nitrogen and oxygen atoms in total. The van der Waals surface area contributed by atoms with Gasteiger partial charge in [0.2, 0.25) is 28.5 Å².